The predicted molar refractivity (Wildman–Crippen MR) is 8.52 cm³/mol. The maximum absolute atomic E-state index is 8.26. The summed E-state index contributed by atoms with van der Waals surface area (Å²) in [4.78, 5) is 0. The number of hydrogen-bond donors (Lipinski definition) is 0. The second-order valence-electron chi connectivity index (χ2n) is 0. The van der Waals surface area contributed by atoms with Crippen LogP contribution in [0.2, 0.25) is 0 Å². The molecule has 0 bridgehead atoms. The summed E-state index contributed by atoms with van der Waals surface area (Å²) in [6.07, 6.45) is 0. The van der Waals surface area contributed by atoms with Crippen molar-refractivity contribution in [2.45, 2.75) is 0 Å². The van der Waals surface area contributed by atoms with Crippen molar-refractivity contribution in [2.24, 2.45) is 0 Å². The monoisotopic (exact) mass is 159 g/mol. The zero-order valence-electron chi connectivity index (χ0n) is 1.80. The second-order valence-corrected chi connectivity index (χ2v) is 0. The van der Waals surface area contributed by atoms with Gasteiger partial charge < -0.3 is 4.46 Å². The molecule has 4 heavy (non-hydrogen) atoms. The van der Waals surface area contributed by atoms with Crippen molar-refractivity contribution < 1.29 is 27.6 Å². The molecular formula is HMoO2Si. The van der Waals surface area contributed by atoms with E-state index in [-0.39, 0.29) is 0 Å². The van der Waals surface area contributed by atoms with Gasteiger partial charge in [-0.3, -0.25) is 0 Å². The number of rotatable bonds is 0. The molecule has 2 nitrogen and oxygen atoms in total. The minimum atomic E-state index is 0.700. The van der Waals surface area contributed by atoms with Crippen LogP contribution in [0.1, 0.15) is 0 Å². The molecule has 1 radical (unpaired) electrons. The van der Waals surface area contributed by atoms with Crippen molar-refractivity contribution in [1.29, 1.82) is 0 Å². The van der Waals surface area contributed by atoms with Crippen molar-refractivity contribution in [3.05, 3.63) is 0 Å². The first-order valence-electron chi connectivity index (χ1n) is 0.402. The van der Waals surface area contributed by atoms with Crippen LogP contribution in [0, 0.1) is 0 Å². The van der Waals surface area contributed by atoms with Crippen LogP contribution in [-0.2, 0) is 27.6 Å². The van der Waals surface area contributed by atoms with Gasteiger partial charge in [0.2, 0.25) is 0 Å². The molecule has 0 atom stereocenters. The Hall–Kier alpha value is 0.505. The Morgan fingerprint density at radius 1 is 1.25 bits per heavy atom. The van der Waals surface area contributed by atoms with Gasteiger partial charge in [-0.25, -0.2) is 0 Å². The SMILES string of the molecule is O=[SiH].[O]=[Mo]. The fraction of sp³-hybridized carbons (Fsp3) is 0. The molecule has 0 N–H and O–H groups in total. The van der Waals surface area contributed by atoms with Gasteiger partial charge in [-0.05, 0) is 0 Å². The molecule has 4 heteroatoms. The van der Waals surface area contributed by atoms with Gasteiger partial charge in [-0.1, -0.05) is 0 Å². The molecule has 0 rings (SSSR count). The van der Waals surface area contributed by atoms with Crippen LogP contribution in [0.4, 0.5) is 0 Å². The Bertz CT molecular complexity index is 8.00. The van der Waals surface area contributed by atoms with Crippen molar-refractivity contribution in [3.63, 3.8) is 0 Å². The van der Waals surface area contributed by atoms with Crippen LogP contribution in [-0.4, -0.2) is 10.1 Å². The third-order valence-corrected chi connectivity index (χ3v) is 0. The molecule has 0 aromatic rings. The minimum absolute atomic E-state index is 0.700. The quantitative estimate of drug-likeness (QED) is 0.427. The van der Waals surface area contributed by atoms with E-state index in [2.05, 4.69) is 0 Å². The van der Waals surface area contributed by atoms with Gasteiger partial charge >= 0.3 is 33.3 Å². The predicted octanol–water partition coefficient (Wildman–Crippen LogP) is -0.889. The van der Waals surface area contributed by atoms with E-state index in [4.69, 9.17) is 7.86 Å². The molecule has 0 aliphatic carbocycles. The van der Waals surface area contributed by atoms with Crippen LogP contribution >= 0.6 is 0 Å². The zero-order chi connectivity index (χ0) is 4.00. The van der Waals surface area contributed by atoms with Crippen LogP contribution in [0.25, 0.3) is 0 Å². The summed E-state index contributed by atoms with van der Waals surface area (Å²) < 4.78 is 16.4. The van der Waals surface area contributed by atoms with Gasteiger partial charge in [0.15, 0.2) is 0 Å². The summed E-state index contributed by atoms with van der Waals surface area (Å²) in [6.45, 7) is 0. The zero-order valence-corrected chi connectivity index (χ0v) is 4.96. The van der Waals surface area contributed by atoms with E-state index in [0.29, 0.717) is 19.8 Å². The van der Waals surface area contributed by atoms with E-state index in [0.717, 1.165) is 0 Å². The van der Waals surface area contributed by atoms with E-state index >= 15 is 0 Å². The first-order valence-corrected chi connectivity index (χ1v) is 1.69. The molecule has 0 aliphatic rings. The molecule has 0 amide bonds. The van der Waals surface area contributed by atoms with Crippen molar-refractivity contribution in [3.8, 4) is 0 Å². The second kappa shape index (κ2) is 86.2. The molecule has 0 heterocycles. The maximum atomic E-state index is 8.26. The summed E-state index contributed by atoms with van der Waals surface area (Å²) >= 11 is 0.700. The summed E-state index contributed by atoms with van der Waals surface area (Å²) in [6, 6.07) is 0. The van der Waals surface area contributed by atoms with Gasteiger partial charge in [0.25, 0.3) is 0 Å². The molecular weight excluding hydrogens is 156 g/mol. The molecule has 0 saturated carbocycles. The third-order valence-electron chi connectivity index (χ3n) is 0. The van der Waals surface area contributed by atoms with Crippen molar-refractivity contribution in [1.82, 2.24) is 0 Å². The van der Waals surface area contributed by atoms with Crippen LogP contribution < -0.4 is 0 Å². The van der Waals surface area contributed by atoms with Gasteiger partial charge in [-0.2, -0.15) is 0 Å². The molecule has 0 aliphatic heterocycles. The summed E-state index contributed by atoms with van der Waals surface area (Å²) in [5, 5.41) is 0. The summed E-state index contributed by atoms with van der Waals surface area (Å²) in [5.41, 5.74) is 0. The van der Waals surface area contributed by atoms with Gasteiger partial charge in [-0.15, -0.1) is 0 Å². The molecule has 0 saturated heterocycles. The molecule has 0 fully saturated rings. The standard InChI is InChI=1S/Mo.HOSi.O/c;1-2;/h;2H;. The fourth-order valence-corrected chi connectivity index (χ4v) is 0. The third kappa shape index (κ3) is 22.2. The average molecular weight is 157 g/mol. The Morgan fingerprint density at radius 3 is 1.25 bits per heavy atom. The molecule has 0 aromatic heterocycles. The Balaban J connectivity index is 0. The molecule has 0 aromatic carbocycles. The van der Waals surface area contributed by atoms with E-state index < -0.39 is 0 Å². The topological polar surface area (TPSA) is 34.1 Å². The average Bonchev–Trinajstić information content (AvgIpc) is 1.50. The fourth-order valence-electron chi connectivity index (χ4n) is 0. The van der Waals surface area contributed by atoms with Gasteiger partial charge in [0.05, 0.1) is 0 Å². The van der Waals surface area contributed by atoms with Gasteiger partial charge in [0, 0.05) is 0 Å². The summed E-state index contributed by atoms with van der Waals surface area (Å²) in [5.74, 6) is 0. The van der Waals surface area contributed by atoms with E-state index in [1.807, 2.05) is 0 Å². The first kappa shape index (κ1) is 8.82. The first-order chi connectivity index (χ1) is 2.00. The van der Waals surface area contributed by atoms with Gasteiger partial charge in [0.1, 0.15) is 0 Å². The van der Waals surface area contributed by atoms with Crippen molar-refractivity contribution >= 4 is 10.1 Å². The Kier molecular flexibility index (Phi) is 190. The normalized spacial score (nSPS) is 2.00. The van der Waals surface area contributed by atoms with Crippen LogP contribution in [0.5, 0.6) is 0 Å². The molecule has 0 spiro atoms. The van der Waals surface area contributed by atoms with Crippen LogP contribution in [0.3, 0.4) is 0 Å². The van der Waals surface area contributed by atoms with E-state index in [9.17, 15) is 0 Å². The van der Waals surface area contributed by atoms with E-state index in [1.54, 1.807) is 0 Å². The Labute approximate surface area is 38.3 Å². The molecule has 0 unspecified atom stereocenters. The Morgan fingerprint density at radius 2 is 1.25 bits per heavy atom. The van der Waals surface area contributed by atoms with E-state index in [1.165, 1.54) is 10.1 Å². The molecule has 23 valence electrons. The van der Waals surface area contributed by atoms with Crippen molar-refractivity contribution in [2.75, 3.05) is 0 Å². The summed E-state index contributed by atoms with van der Waals surface area (Å²) in [7, 11) is 1.17. The number of hydrogen-bond acceptors (Lipinski definition) is 2. The van der Waals surface area contributed by atoms with Crippen LogP contribution in [0.15, 0.2) is 0 Å².